The molecule has 0 aliphatic carbocycles. The van der Waals surface area contributed by atoms with E-state index < -0.39 is 0 Å². The Bertz CT molecular complexity index is 961. The third-order valence-electron chi connectivity index (χ3n) is 5.98. The van der Waals surface area contributed by atoms with Crippen LogP contribution < -0.4 is 15.4 Å². The van der Waals surface area contributed by atoms with E-state index in [1.54, 1.807) is 19.2 Å². The number of carbonyl (C=O) groups excluding carboxylic acids is 2. The molecule has 0 aromatic heterocycles. The number of nitrogens with one attached hydrogen (secondary N) is 2. The summed E-state index contributed by atoms with van der Waals surface area (Å²) in [6.07, 6.45) is 1.38. The molecule has 1 heterocycles. The second-order valence-corrected chi connectivity index (χ2v) is 8.92. The van der Waals surface area contributed by atoms with Gasteiger partial charge in [0.05, 0.1) is 24.9 Å². The minimum absolute atomic E-state index is 0.0164. The zero-order valence-corrected chi connectivity index (χ0v) is 20.0. The van der Waals surface area contributed by atoms with E-state index in [1.165, 1.54) is 0 Å². The monoisotopic (exact) mass is 477 g/mol. The lowest BCUT2D eigenvalue weighted by molar-refractivity contribution is -0.127. The summed E-state index contributed by atoms with van der Waals surface area (Å²) in [4.78, 5) is 27.6. The number of ether oxygens (including phenoxy) is 1. The van der Waals surface area contributed by atoms with Gasteiger partial charge in [-0.1, -0.05) is 41.4 Å². The highest BCUT2D eigenvalue weighted by molar-refractivity contribution is 6.35. The predicted molar refractivity (Wildman–Crippen MR) is 128 cm³/mol. The van der Waals surface area contributed by atoms with Crippen molar-refractivity contribution in [1.82, 2.24) is 10.2 Å². The van der Waals surface area contributed by atoms with E-state index in [-0.39, 0.29) is 29.8 Å². The Morgan fingerprint density at radius 3 is 2.44 bits per heavy atom. The summed E-state index contributed by atoms with van der Waals surface area (Å²) in [7, 11) is 1.58. The van der Waals surface area contributed by atoms with Gasteiger partial charge in [0.25, 0.3) is 0 Å². The number of para-hydroxylation sites is 2. The van der Waals surface area contributed by atoms with Crippen molar-refractivity contribution < 1.29 is 14.3 Å². The summed E-state index contributed by atoms with van der Waals surface area (Å²) in [5, 5.41) is 7.09. The number of likely N-dealkylation sites (tertiary alicyclic amines) is 1. The number of rotatable bonds is 7. The molecule has 0 radical (unpaired) electrons. The smallest absolute Gasteiger partial charge is 0.237 e. The molecule has 2 aromatic rings. The number of anilines is 1. The number of methoxy groups -OCH3 is 1. The summed E-state index contributed by atoms with van der Waals surface area (Å²) in [5.74, 6) is 0.453. The van der Waals surface area contributed by atoms with Crippen molar-refractivity contribution in [2.75, 3.05) is 25.5 Å². The minimum atomic E-state index is -0.304. The van der Waals surface area contributed by atoms with Crippen LogP contribution in [-0.2, 0) is 9.59 Å². The molecule has 6 nitrogen and oxygen atoms in total. The summed E-state index contributed by atoms with van der Waals surface area (Å²) in [6.45, 7) is 5.14. The summed E-state index contributed by atoms with van der Waals surface area (Å²) < 4.78 is 5.30. The van der Waals surface area contributed by atoms with Gasteiger partial charge in [0.2, 0.25) is 11.8 Å². The summed E-state index contributed by atoms with van der Waals surface area (Å²) >= 11 is 12.2. The Kier molecular flexibility index (Phi) is 8.40. The van der Waals surface area contributed by atoms with Crippen LogP contribution in [0.2, 0.25) is 10.0 Å². The molecule has 0 bridgehead atoms. The van der Waals surface area contributed by atoms with E-state index in [2.05, 4.69) is 15.5 Å². The van der Waals surface area contributed by atoms with Crippen LogP contribution in [-0.4, -0.2) is 43.0 Å². The van der Waals surface area contributed by atoms with Gasteiger partial charge in [0.1, 0.15) is 5.75 Å². The van der Waals surface area contributed by atoms with Gasteiger partial charge in [-0.25, -0.2) is 0 Å². The average Bonchev–Trinajstić information content (AvgIpc) is 2.78. The molecule has 8 heteroatoms. The molecule has 1 aliphatic rings. The number of piperidine rings is 1. The van der Waals surface area contributed by atoms with Crippen LogP contribution in [0.1, 0.15) is 38.3 Å². The number of carbonyl (C=O) groups is 2. The minimum Gasteiger partial charge on any atom is -0.495 e. The number of halogens is 2. The van der Waals surface area contributed by atoms with Gasteiger partial charge in [-0.2, -0.15) is 0 Å². The van der Waals surface area contributed by atoms with Crippen LogP contribution >= 0.6 is 23.2 Å². The third kappa shape index (κ3) is 5.94. The first-order chi connectivity index (χ1) is 15.3. The highest BCUT2D eigenvalue weighted by atomic mass is 35.5. The standard InChI is InChI=1S/C24H29Cl2N3O3/c1-15(19-9-8-18(25)14-20(19)26)27-23(30)16(2)29-12-10-17(11-13-29)24(31)28-21-6-4-5-7-22(21)32-3/h4-9,14-17H,10-13H2,1-3H3,(H,27,30)(H,28,31). The quantitative estimate of drug-likeness (QED) is 0.593. The number of hydrogen-bond acceptors (Lipinski definition) is 4. The molecule has 2 aromatic carbocycles. The fourth-order valence-electron chi connectivity index (χ4n) is 3.96. The Labute approximate surface area is 199 Å². The second kappa shape index (κ2) is 11.0. The number of benzene rings is 2. The zero-order chi connectivity index (χ0) is 23.3. The van der Waals surface area contributed by atoms with Crippen molar-refractivity contribution in [3.8, 4) is 5.75 Å². The van der Waals surface area contributed by atoms with Gasteiger partial charge in [-0.05, 0) is 69.6 Å². The normalized spacial score (nSPS) is 16.8. The number of amides is 2. The molecule has 0 spiro atoms. The molecule has 2 amide bonds. The first kappa shape index (κ1) is 24.4. The second-order valence-electron chi connectivity index (χ2n) is 8.07. The molecule has 172 valence electrons. The maximum absolute atomic E-state index is 12.8. The molecule has 1 saturated heterocycles. The molecular weight excluding hydrogens is 449 g/mol. The number of nitrogens with zero attached hydrogens (tertiary/aromatic N) is 1. The van der Waals surface area contributed by atoms with E-state index in [9.17, 15) is 9.59 Å². The highest BCUT2D eigenvalue weighted by Gasteiger charge is 2.30. The predicted octanol–water partition coefficient (Wildman–Crippen LogP) is 4.92. The fourth-order valence-corrected chi connectivity index (χ4v) is 4.53. The lowest BCUT2D eigenvalue weighted by Crippen LogP contribution is -2.49. The fraction of sp³-hybridized carbons (Fsp3) is 0.417. The maximum Gasteiger partial charge on any atom is 0.237 e. The van der Waals surface area contributed by atoms with Gasteiger partial charge in [0.15, 0.2) is 0 Å². The lowest BCUT2D eigenvalue weighted by atomic mass is 9.94. The van der Waals surface area contributed by atoms with Crippen molar-refractivity contribution in [2.45, 2.75) is 38.8 Å². The molecule has 0 saturated carbocycles. The van der Waals surface area contributed by atoms with Crippen molar-refractivity contribution in [2.24, 2.45) is 5.92 Å². The molecule has 32 heavy (non-hydrogen) atoms. The largest absolute Gasteiger partial charge is 0.495 e. The summed E-state index contributed by atoms with van der Waals surface area (Å²) in [5.41, 5.74) is 1.49. The van der Waals surface area contributed by atoms with Gasteiger partial charge < -0.3 is 15.4 Å². The average molecular weight is 478 g/mol. The maximum atomic E-state index is 12.8. The molecule has 3 rings (SSSR count). The zero-order valence-electron chi connectivity index (χ0n) is 18.5. The Balaban J connectivity index is 1.51. The molecule has 1 aliphatic heterocycles. The SMILES string of the molecule is COc1ccccc1NC(=O)C1CCN(C(C)C(=O)NC(C)c2ccc(Cl)cc2Cl)CC1. The first-order valence-electron chi connectivity index (χ1n) is 10.7. The van der Waals surface area contributed by atoms with Gasteiger partial charge in [-0.3, -0.25) is 14.5 Å². The van der Waals surface area contributed by atoms with Crippen LogP contribution in [0.5, 0.6) is 5.75 Å². The van der Waals surface area contributed by atoms with Gasteiger partial charge in [0, 0.05) is 16.0 Å². The molecular formula is C24H29Cl2N3O3. The van der Waals surface area contributed by atoms with Crippen molar-refractivity contribution in [3.63, 3.8) is 0 Å². The van der Waals surface area contributed by atoms with E-state index in [4.69, 9.17) is 27.9 Å². The first-order valence-corrected chi connectivity index (χ1v) is 11.5. The van der Waals surface area contributed by atoms with Crippen molar-refractivity contribution in [3.05, 3.63) is 58.1 Å². The Morgan fingerprint density at radius 2 is 1.78 bits per heavy atom. The van der Waals surface area contributed by atoms with E-state index in [0.29, 0.717) is 47.4 Å². The van der Waals surface area contributed by atoms with Crippen LogP contribution in [0, 0.1) is 5.92 Å². The van der Waals surface area contributed by atoms with Gasteiger partial charge in [-0.15, -0.1) is 0 Å². The summed E-state index contributed by atoms with van der Waals surface area (Å²) in [6, 6.07) is 12.1. The third-order valence-corrected chi connectivity index (χ3v) is 6.54. The van der Waals surface area contributed by atoms with E-state index >= 15 is 0 Å². The number of hydrogen-bond donors (Lipinski definition) is 2. The van der Waals surface area contributed by atoms with Gasteiger partial charge >= 0.3 is 0 Å². The highest BCUT2D eigenvalue weighted by Crippen LogP contribution is 2.28. The molecule has 2 unspecified atom stereocenters. The van der Waals surface area contributed by atoms with E-state index in [1.807, 2.05) is 44.2 Å². The topological polar surface area (TPSA) is 70.7 Å². The van der Waals surface area contributed by atoms with E-state index in [0.717, 1.165) is 5.56 Å². The Hall–Kier alpha value is -2.28. The van der Waals surface area contributed by atoms with Crippen LogP contribution in [0.15, 0.2) is 42.5 Å². The molecule has 2 atom stereocenters. The lowest BCUT2D eigenvalue weighted by Gasteiger charge is -2.35. The molecule has 1 fully saturated rings. The Morgan fingerprint density at radius 1 is 1.09 bits per heavy atom. The van der Waals surface area contributed by atoms with Crippen molar-refractivity contribution in [1.29, 1.82) is 0 Å². The van der Waals surface area contributed by atoms with Crippen molar-refractivity contribution >= 4 is 40.7 Å². The van der Waals surface area contributed by atoms with Crippen LogP contribution in [0.4, 0.5) is 5.69 Å². The van der Waals surface area contributed by atoms with Crippen LogP contribution in [0.3, 0.4) is 0 Å². The molecule has 2 N–H and O–H groups in total. The van der Waals surface area contributed by atoms with Crippen LogP contribution in [0.25, 0.3) is 0 Å².